The third-order valence-corrected chi connectivity index (χ3v) is 7.75. The van der Waals surface area contributed by atoms with Crippen molar-refractivity contribution in [2.75, 3.05) is 52.3 Å². The highest BCUT2D eigenvalue weighted by atomic mass is 35.5. The molecule has 1 aliphatic heterocycles. The third kappa shape index (κ3) is 5.35. The summed E-state index contributed by atoms with van der Waals surface area (Å²) in [5.74, 6) is 0.641. The maximum absolute atomic E-state index is 13.0. The van der Waals surface area contributed by atoms with Gasteiger partial charge in [0.2, 0.25) is 15.9 Å². The van der Waals surface area contributed by atoms with E-state index in [0.29, 0.717) is 53.3 Å². The Kier molecular flexibility index (Phi) is 7.66. The van der Waals surface area contributed by atoms with Crippen LogP contribution in [0.5, 0.6) is 11.5 Å². The second kappa shape index (κ2) is 10.1. The molecule has 3 rings (SSSR count). The summed E-state index contributed by atoms with van der Waals surface area (Å²) in [5.41, 5.74) is 2.20. The molecule has 174 valence electrons. The molecule has 0 saturated carbocycles. The van der Waals surface area contributed by atoms with Crippen molar-refractivity contribution in [1.82, 2.24) is 9.21 Å². The molecule has 32 heavy (non-hydrogen) atoms. The van der Waals surface area contributed by atoms with Crippen molar-refractivity contribution in [3.8, 4) is 11.5 Å². The quantitative estimate of drug-likeness (QED) is 0.654. The molecule has 0 aromatic heterocycles. The molecule has 1 heterocycles. The van der Waals surface area contributed by atoms with Crippen molar-refractivity contribution < 1.29 is 22.7 Å². The van der Waals surface area contributed by atoms with E-state index in [1.165, 1.54) is 18.5 Å². The van der Waals surface area contributed by atoms with Gasteiger partial charge in [0.05, 0.1) is 36.4 Å². The monoisotopic (exact) mass is 481 g/mol. The molecular weight excluding hydrogens is 454 g/mol. The zero-order valence-electron chi connectivity index (χ0n) is 18.6. The summed E-state index contributed by atoms with van der Waals surface area (Å²) >= 11 is 6.16. The predicted octanol–water partition coefficient (Wildman–Crippen LogP) is 2.92. The fourth-order valence-electron chi connectivity index (χ4n) is 3.71. The van der Waals surface area contributed by atoms with Crippen LogP contribution in [0.1, 0.15) is 11.1 Å². The molecule has 2 aromatic carbocycles. The smallest absolute Gasteiger partial charge is 0.243 e. The molecule has 8 nitrogen and oxygen atoms in total. The van der Waals surface area contributed by atoms with Gasteiger partial charge in [0, 0.05) is 32.2 Å². The Morgan fingerprint density at radius 2 is 1.69 bits per heavy atom. The van der Waals surface area contributed by atoms with Crippen LogP contribution < -0.4 is 14.8 Å². The van der Waals surface area contributed by atoms with Gasteiger partial charge in [-0.05, 0) is 31.5 Å². The number of nitrogens with zero attached hydrogens (tertiary/aromatic N) is 2. The molecule has 1 aliphatic rings. The van der Waals surface area contributed by atoms with Crippen LogP contribution >= 0.6 is 11.6 Å². The average molecular weight is 482 g/mol. The van der Waals surface area contributed by atoms with Gasteiger partial charge in [0.15, 0.2) is 0 Å². The van der Waals surface area contributed by atoms with Crippen LogP contribution in [-0.2, 0) is 14.8 Å². The third-order valence-electron chi connectivity index (χ3n) is 5.39. The van der Waals surface area contributed by atoms with Gasteiger partial charge in [-0.1, -0.05) is 29.3 Å². The van der Waals surface area contributed by atoms with Crippen LogP contribution in [0.15, 0.2) is 35.2 Å². The number of rotatable bonds is 7. The summed E-state index contributed by atoms with van der Waals surface area (Å²) in [6, 6.07) is 8.51. The number of carbonyl (C=O) groups is 1. The summed E-state index contributed by atoms with van der Waals surface area (Å²) in [6.07, 6.45) is 0. The van der Waals surface area contributed by atoms with Gasteiger partial charge in [-0.2, -0.15) is 4.31 Å². The maximum Gasteiger partial charge on any atom is 0.243 e. The minimum Gasteiger partial charge on any atom is -0.495 e. The van der Waals surface area contributed by atoms with Crippen LogP contribution in [0.3, 0.4) is 0 Å². The average Bonchev–Trinajstić information content (AvgIpc) is 2.74. The first-order chi connectivity index (χ1) is 15.1. The summed E-state index contributed by atoms with van der Waals surface area (Å²) in [6.45, 7) is 5.42. The minimum atomic E-state index is -3.57. The molecule has 0 unspecified atom stereocenters. The highest BCUT2D eigenvalue weighted by Gasteiger charge is 2.30. The second-order valence-corrected chi connectivity index (χ2v) is 10.00. The van der Waals surface area contributed by atoms with E-state index in [4.69, 9.17) is 21.1 Å². The SMILES string of the molecule is COc1cc(OC)c(NC(=O)CN2CCN(S(=O)(=O)c3ccc(C)cc3C)CC2)cc1Cl. The summed E-state index contributed by atoms with van der Waals surface area (Å²) in [7, 11) is -0.575. The van der Waals surface area contributed by atoms with Gasteiger partial charge >= 0.3 is 0 Å². The lowest BCUT2D eigenvalue weighted by atomic mass is 10.2. The van der Waals surface area contributed by atoms with E-state index >= 15 is 0 Å². The number of sulfonamides is 1. The van der Waals surface area contributed by atoms with Crippen molar-refractivity contribution in [1.29, 1.82) is 0 Å². The van der Waals surface area contributed by atoms with E-state index in [0.717, 1.165) is 11.1 Å². The summed E-state index contributed by atoms with van der Waals surface area (Å²) < 4.78 is 38.0. The van der Waals surface area contributed by atoms with Gasteiger partial charge < -0.3 is 14.8 Å². The molecule has 0 radical (unpaired) electrons. The van der Waals surface area contributed by atoms with Crippen LogP contribution in [-0.4, -0.2) is 70.5 Å². The number of carbonyl (C=O) groups excluding carboxylic acids is 1. The first-order valence-electron chi connectivity index (χ1n) is 10.2. The number of piperazine rings is 1. The Balaban J connectivity index is 1.60. The van der Waals surface area contributed by atoms with Gasteiger partial charge in [-0.15, -0.1) is 0 Å². The van der Waals surface area contributed by atoms with Crippen molar-refractivity contribution in [2.24, 2.45) is 0 Å². The minimum absolute atomic E-state index is 0.129. The van der Waals surface area contributed by atoms with Crippen LogP contribution in [0.25, 0.3) is 0 Å². The molecule has 1 N–H and O–H groups in total. The summed E-state index contributed by atoms with van der Waals surface area (Å²) in [4.78, 5) is 14.8. The number of ether oxygens (including phenoxy) is 2. The normalized spacial score (nSPS) is 15.4. The Morgan fingerprint density at radius 3 is 2.28 bits per heavy atom. The molecule has 1 fully saturated rings. The molecule has 0 aliphatic carbocycles. The van der Waals surface area contributed by atoms with Gasteiger partial charge in [0.25, 0.3) is 0 Å². The Morgan fingerprint density at radius 1 is 1.03 bits per heavy atom. The van der Waals surface area contributed by atoms with Gasteiger partial charge in [-0.25, -0.2) is 8.42 Å². The molecule has 10 heteroatoms. The highest BCUT2D eigenvalue weighted by molar-refractivity contribution is 7.89. The van der Waals surface area contributed by atoms with E-state index in [1.54, 1.807) is 31.2 Å². The summed E-state index contributed by atoms with van der Waals surface area (Å²) in [5, 5.41) is 3.16. The van der Waals surface area contributed by atoms with E-state index in [9.17, 15) is 13.2 Å². The van der Waals surface area contributed by atoms with Crippen LogP contribution in [0.2, 0.25) is 5.02 Å². The lowest BCUT2D eigenvalue weighted by Gasteiger charge is -2.33. The van der Waals surface area contributed by atoms with Crippen molar-refractivity contribution in [2.45, 2.75) is 18.7 Å². The molecule has 0 bridgehead atoms. The van der Waals surface area contributed by atoms with E-state index in [2.05, 4.69) is 5.32 Å². The molecular formula is C22H28ClN3O5S. The molecule has 0 atom stereocenters. The van der Waals surface area contributed by atoms with Gasteiger partial charge in [0.1, 0.15) is 11.5 Å². The zero-order valence-corrected chi connectivity index (χ0v) is 20.2. The first-order valence-corrected chi connectivity index (χ1v) is 12.0. The topological polar surface area (TPSA) is 88.2 Å². The molecule has 1 saturated heterocycles. The Labute approximate surface area is 194 Å². The number of aryl methyl sites for hydroxylation is 2. The Bertz CT molecular complexity index is 1100. The van der Waals surface area contributed by atoms with E-state index in [1.807, 2.05) is 17.9 Å². The number of hydrogen-bond donors (Lipinski definition) is 1. The number of hydrogen-bond acceptors (Lipinski definition) is 6. The largest absolute Gasteiger partial charge is 0.495 e. The van der Waals surface area contributed by atoms with Crippen LogP contribution in [0, 0.1) is 13.8 Å². The predicted molar refractivity (Wildman–Crippen MR) is 124 cm³/mol. The molecule has 1 amide bonds. The first kappa shape index (κ1) is 24.3. The number of halogens is 1. The van der Waals surface area contributed by atoms with Crippen LogP contribution in [0.4, 0.5) is 5.69 Å². The number of amides is 1. The number of methoxy groups -OCH3 is 2. The van der Waals surface area contributed by atoms with E-state index < -0.39 is 10.0 Å². The highest BCUT2D eigenvalue weighted by Crippen LogP contribution is 2.35. The Hall–Kier alpha value is -2.33. The van der Waals surface area contributed by atoms with Crippen molar-refractivity contribution in [3.05, 3.63) is 46.5 Å². The molecule has 0 spiro atoms. The second-order valence-electron chi connectivity index (χ2n) is 7.68. The fourth-order valence-corrected chi connectivity index (χ4v) is 5.58. The van der Waals surface area contributed by atoms with Crippen molar-refractivity contribution in [3.63, 3.8) is 0 Å². The lowest BCUT2D eigenvalue weighted by Crippen LogP contribution is -2.50. The lowest BCUT2D eigenvalue weighted by molar-refractivity contribution is -0.117. The standard InChI is InChI=1S/C22H28ClN3O5S/c1-15-5-6-21(16(2)11-15)32(28,29)26-9-7-25(8-10-26)14-22(27)24-18-12-17(23)19(30-3)13-20(18)31-4/h5-6,11-13H,7-10,14H2,1-4H3,(H,24,27). The van der Waals surface area contributed by atoms with Crippen molar-refractivity contribution >= 4 is 33.2 Å². The number of benzene rings is 2. The fraction of sp³-hybridized carbons (Fsp3) is 0.409. The van der Waals surface area contributed by atoms with E-state index in [-0.39, 0.29) is 12.5 Å². The number of anilines is 1. The number of nitrogens with one attached hydrogen (secondary N) is 1. The molecule has 2 aromatic rings. The maximum atomic E-state index is 13.0. The van der Waals surface area contributed by atoms with Gasteiger partial charge in [-0.3, -0.25) is 9.69 Å². The zero-order chi connectivity index (χ0) is 23.5.